The number of halogens is 1. The summed E-state index contributed by atoms with van der Waals surface area (Å²) >= 11 is 0.900. The van der Waals surface area contributed by atoms with E-state index in [0.717, 1.165) is 20.4 Å². The van der Waals surface area contributed by atoms with E-state index in [9.17, 15) is 9.35 Å². The van der Waals surface area contributed by atoms with Gasteiger partial charge in [0.25, 0.3) is 5.56 Å². The molecule has 0 spiro atoms. The van der Waals surface area contributed by atoms with Crippen LogP contribution in [0.25, 0.3) is 22.3 Å². The van der Waals surface area contributed by atoms with Crippen molar-refractivity contribution in [3.63, 3.8) is 0 Å². The second kappa shape index (κ2) is 8.33. The minimum Gasteiger partial charge on any atom is -0.598 e. The Bertz CT molecular complexity index is 1110. The predicted molar refractivity (Wildman–Crippen MR) is 127 cm³/mol. The van der Waals surface area contributed by atoms with Gasteiger partial charge in [-0.15, -0.1) is 4.72 Å². The lowest BCUT2D eigenvalue weighted by atomic mass is 10.0. The van der Waals surface area contributed by atoms with Crippen LogP contribution >= 0.6 is 22.6 Å². The molecule has 3 aromatic rings. The zero-order chi connectivity index (χ0) is 21.5. The molecule has 154 valence electrons. The summed E-state index contributed by atoms with van der Waals surface area (Å²) in [6.07, 6.45) is 1.72. The van der Waals surface area contributed by atoms with Gasteiger partial charge in [0.05, 0.1) is 16.9 Å². The molecule has 1 aromatic carbocycles. The number of pyridine rings is 1. The van der Waals surface area contributed by atoms with E-state index >= 15 is 0 Å². The predicted octanol–water partition coefficient (Wildman–Crippen LogP) is 4.02. The van der Waals surface area contributed by atoms with Crippen LogP contribution in [0.4, 0.5) is 0 Å². The third kappa shape index (κ3) is 4.65. The Hall–Kier alpha value is -1.49. The lowest BCUT2D eigenvalue weighted by Crippen LogP contribution is -2.40. The van der Waals surface area contributed by atoms with Crippen LogP contribution in [0.2, 0.25) is 0 Å². The average Bonchev–Trinajstić information content (AvgIpc) is 2.64. The molecule has 0 unspecified atom stereocenters. The summed E-state index contributed by atoms with van der Waals surface area (Å²) in [4.78, 5) is 22.3. The summed E-state index contributed by atoms with van der Waals surface area (Å²) in [5, 5.41) is 0.555. The van der Waals surface area contributed by atoms with Crippen LogP contribution in [0.1, 0.15) is 44.9 Å². The van der Waals surface area contributed by atoms with Crippen LogP contribution in [-0.4, -0.2) is 23.8 Å². The highest BCUT2D eigenvalue weighted by molar-refractivity contribution is 14.1. The molecule has 6 nitrogen and oxygen atoms in total. The Morgan fingerprint density at radius 2 is 1.97 bits per heavy atom. The van der Waals surface area contributed by atoms with Gasteiger partial charge in [0.2, 0.25) is 0 Å². The molecular formula is C21H25IN4O2S. The van der Waals surface area contributed by atoms with Crippen LogP contribution in [0.3, 0.4) is 0 Å². The molecule has 0 aliphatic heterocycles. The number of benzene rings is 1. The van der Waals surface area contributed by atoms with Gasteiger partial charge in [0.1, 0.15) is 14.3 Å². The zero-order valence-electron chi connectivity index (χ0n) is 17.4. The minimum atomic E-state index is -1.24. The third-order valence-electron chi connectivity index (χ3n) is 4.65. The number of nitrogens with one attached hydrogen (secondary N) is 1. The van der Waals surface area contributed by atoms with E-state index in [4.69, 9.17) is 4.98 Å². The monoisotopic (exact) mass is 524 g/mol. The van der Waals surface area contributed by atoms with Gasteiger partial charge in [0, 0.05) is 35.7 Å². The van der Waals surface area contributed by atoms with Crippen LogP contribution in [0, 0.1) is 10.6 Å². The Labute approximate surface area is 187 Å². The standard InChI is InChI=1S/C21H25IN4O2S/c1-12-9-15(13(2)25-29(28)21(3,4)5)18-16(10-12)20(27)26(6)19(24-18)14-7-8-17(22)23-11-14/h7-11,13,25H,1-6H3/t13-,29-/m1/s1. The van der Waals surface area contributed by atoms with Crippen molar-refractivity contribution in [1.29, 1.82) is 0 Å². The Kier molecular flexibility index (Phi) is 6.38. The second-order valence-electron chi connectivity index (χ2n) is 8.14. The Morgan fingerprint density at radius 3 is 2.55 bits per heavy atom. The summed E-state index contributed by atoms with van der Waals surface area (Å²) in [5.74, 6) is 0.556. The number of fused-ring (bicyclic) bond motifs is 1. The van der Waals surface area contributed by atoms with Crippen molar-refractivity contribution in [2.75, 3.05) is 0 Å². The highest BCUT2D eigenvalue weighted by Gasteiger charge is 2.29. The van der Waals surface area contributed by atoms with Crippen molar-refractivity contribution in [1.82, 2.24) is 19.3 Å². The van der Waals surface area contributed by atoms with Crippen molar-refractivity contribution in [3.05, 3.63) is 55.6 Å². The first-order chi connectivity index (χ1) is 13.5. The minimum absolute atomic E-state index is 0.113. The second-order valence-corrected chi connectivity index (χ2v) is 11.2. The van der Waals surface area contributed by atoms with Gasteiger partial charge in [-0.05, 0) is 81.0 Å². The van der Waals surface area contributed by atoms with Crippen molar-refractivity contribution < 1.29 is 4.55 Å². The van der Waals surface area contributed by atoms with E-state index < -0.39 is 16.1 Å². The summed E-state index contributed by atoms with van der Waals surface area (Å²) in [7, 11) is 1.72. The van der Waals surface area contributed by atoms with Crippen LogP contribution < -0.4 is 10.3 Å². The lowest BCUT2D eigenvalue weighted by molar-refractivity contribution is 0.531. The molecule has 0 bridgehead atoms. The number of rotatable bonds is 4. The number of aryl methyl sites for hydroxylation is 1. The van der Waals surface area contributed by atoms with Gasteiger partial charge < -0.3 is 4.55 Å². The van der Waals surface area contributed by atoms with E-state index in [0.29, 0.717) is 16.7 Å². The number of hydrogen-bond acceptors (Lipinski definition) is 5. The molecule has 0 fully saturated rings. The van der Waals surface area contributed by atoms with Gasteiger partial charge in [-0.1, -0.05) is 6.07 Å². The fourth-order valence-electron chi connectivity index (χ4n) is 3.05. The number of nitrogens with zero attached hydrogens (tertiary/aromatic N) is 3. The van der Waals surface area contributed by atoms with Gasteiger partial charge in [0.15, 0.2) is 0 Å². The maximum absolute atomic E-state index is 13.1. The Balaban J connectivity index is 2.20. The molecule has 1 N–H and O–H groups in total. The van der Waals surface area contributed by atoms with Gasteiger partial charge in [-0.25, -0.2) is 9.97 Å². The maximum Gasteiger partial charge on any atom is 0.261 e. The molecule has 8 heteroatoms. The summed E-state index contributed by atoms with van der Waals surface area (Å²) < 4.78 is 17.8. The first-order valence-corrected chi connectivity index (χ1v) is 11.5. The maximum atomic E-state index is 13.1. The quantitative estimate of drug-likeness (QED) is 0.317. The topological polar surface area (TPSA) is 82.9 Å². The largest absolute Gasteiger partial charge is 0.598 e. The van der Waals surface area contributed by atoms with Crippen molar-refractivity contribution in [2.45, 2.75) is 45.4 Å². The fourth-order valence-corrected chi connectivity index (χ4v) is 4.17. The first-order valence-electron chi connectivity index (χ1n) is 9.30. The fraction of sp³-hybridized carbons (Fsp3) is 0.381. The first kappa shape index (κ1) is 22.2. The summed E-state index contributed by atoms with van der Waals surface area (Å²) in [6, 6.07) is 7.42. The lowest BCUT2D eigenvalue weighted by Gasteiger charge is -2.27. The molecular weight excluding hydrogens is 499 g/mol. The van der Waals surface area contributed by atoms with Gasteiger partial charge >= 0.3 is 0 Å². The number of hydrogen-bond donors (Lipinski definition) is 1. The SMILES string of the molecule is Cc1cc([C@@H](C)N[S@+]([O-])C(C)(C)C)c2nc(-c3ccc(I)nc3)n(C)c(=O)c2c1. The molecule has 3 rings (SSSR count). The molecule has 2 atom stereocenters. The van der Waals surface area contributed by atoms with E-state index in [1.165, 1.54) is 0 Å². The molecule has 0 amide bonds. The summed E-state index contributed by atoms with van der Waals surface area (Å²) in [5.41, 5.74) is 3.11. The van der Waals surface area contributed by atoms with Crippen molar-refractivity contribution in [3.8, 4) is 11.4 Å². The van der Waals surface area contributed by atoms with Gasteiger partial charge in [-0.3, -0.25) is 9.36 Å². The van der Waals surface area contributed by atoms with Gasteiger partial charge in [-0.2, -0.15) is 0 Å². The molecule has 0 aliphatic rings. The summed E-state index contributed by atoms with van der Waals surface area (Å²) in [6.45, 7) is 9.67. The Morgan fingerprint density at radius 1 is 1.28 bits per heavy atom. The normalized spacial score (nSPS) is 14.2. The van der Waals surface area contributed by atoms with E-state index in [-0.39, 0.29) is 11.6 Å². The van der Waals surface area contributed by atoms with E-state index in [2.05, 4.69) is 32.3 Å². The zero-order valence-corrected chi connectivity index (χ0v) is 20.4. The molecule has 0 saturated carbocycles. The average molecular weight is 524 g/mol. The molecule has 2 aromatic heterocycles. The number of aromatic nitrogens is 3. The van der Waals surface area contributed by atoms with E-state index in [1.54, 1.807) is 17.8 Å². The van der Waals surface area contributed by atoms with E-state index in [1.807, 2.05) is 58.9 Å². The third-order valence-corrected chi connectivity index (χ3v) is 6.96. The molecule has 2 heterocycles. The van der Waals surface area contributed by atoms with Crippen LogP contribution in [0.5, 0.6) is 0 Å². The molecule has 29 heavy (non-hydrogen) atoms. The molecule has 0 saturated heterocycles. The molecule has 0 radical (unpaired) electrons. The molecule has 0 aliphatic carbocycles. The highest BCUT2D eigenvalue weighted by atomic mass is 127. The van der Waals surface area contributed by atoms with Crippen LogP contribution in [0.15, 0.2) is 35.3 Å². The highest BCUT2D eigenvalue weighted by Crippen LogP contribution is 2.27. The van der Waals surface area contributed by atoms with Crippen molar-refractivity contribution >= 4 is 44.9 Å². The van der Waals surface area contributed by atoms with Crippen molar-refractivity contribution in [2.24, 2.45) is 7.05 Å². The van der Waals surface area contributed by atoms with Crippen LogP contribution in [-0.2, 0) is 18.4 Å². The smallest absolute Gasteiger partial charge is 0.261 e.